The molecule has 5 atom stereocenters. The minimum absolute atomic E-state index is 0.0786. The van der Waals surface area contributed by atoms with Crippen molar-refractivity contribution in [3.63, 3.8) is 0 Å². The highest BCUT2D eigenvalue weighted by Gasteiger charge is 2.47. The van der Waals surface area contributed by atoms with Gasteiger partial charge in [-0.05, 0) is 44.4 Å². The Labute approximate surface area is 270 Å². The first-order valence-corrected chi connectivity index (χ1v) is 15.4. The van der Waals surface area contributed by atoms with E-state index in [1.54, 1.807) is 26.1 Å². The third-order valence-electron chi connectivity index (χ3n) is 8.80. The number of aliphatic imine (C=N–C) groups is 2. The van der Waals surface area contributed by atoms with Gasteiger partial charge in [-0.3, -0.25) is 20.8 Å². The van der Waals surface area contributed by atoms with Gasteiger partial charge in [-0.25, -0.2) is 14.7 Å². The van der Waals surface area contributed by atoms with Gasteiger partial charge in [0.25, 0.3) is 11.7 Å². The summed E-state index contributed by atoms with van der Waals surface area (Å²) in [6.07, 6.45) is 7.13. The van der Waals surface area contributed by atoms with E-state index in [1.807, 2.05) is 12.3 Å². The minimum atomic E-state index is -1.29. The van der Waals surface area contributed by atoms with Crippen molar-refractivity contribution in [3.8, 4) is 17.2 Å². The van der Waals surface area contributed by atoms with Crippen molar-refractivity contribution in [1.29, 1.82) is 5.41 Å². The lowest BCUT2D eigenvalue weighted by Gasteiger charge is -2.29. The van der Waals surface area contributed by atoms with Crippen molar-refractivity contribution >= 4 is 35.0 Å². The first kappa shape index (κ1) is 32.3. The normalized spacial score (nSPS) is 26.1. The summed E-state index contributed by atoms with van der Waals surface area (Å²) in [6, 6.07) is 0. The zero-order valence-corrected chi connectivity index (χ0v) is 26.3. The standard InChI is InChI=1S/C31H37N7O9/c1-4-45-28(42)19-12-16(6-9-37-10-8-33-30(37)38-15-34-22-26(38)35-29(32)36-27(22)41)21-24(44-3)17-13-20(31(2,43)7-5-11-39)47-23(17)18(14-40)25(21)46-19/h6,8,10,12,20,30,33,39-40,43H,4-5,7,9,11,13-15H2,1-3H3,(H2,32,36,41)/p+2/b16-6+/t20-,30?,31+/m0/s1. The van der Waals surface area contributed by atoms with E-state index in [2.05, 4.69) is 20.6 Å². The third kappa shape index (κ3) is 5.78. The molecule has 0 aromatic heterocycles. The van der Waals surface area contributed by atoms with Gasteiger partial charge in [0.1, 0.15) is 36.1 Å². The number of methoxy groups -OCH3 is 1. The Morgan fingerprint density at radius 2 is 2.13 bits per heavy atom. The number of nitrogens with zero attached hydrogens (tertiary/aromatic N) is 2. The number of esters is 1. The Morgan fingerprint density at radius 3 is 2.85 bits per heavy atom. The highest BCUT2D eigenvalue weighted by molar-refractivity contribution is 6.68. The summed E-state index contributed by atoms with van der Waals surface area (Å²) < 4.78 is 23.6. The number of carbonyl (C=O) groups excluding carboxylic acids is 2. The molecular weight excluding hydrogens is 614 g/mol. The molecule has 6 rings (SSSR count). The van der Waals surface area contributed by atoms with Crippen LogP contribution in [0.4, 0.5) is 0 Å². The maximum absolute atomic E-state index is 13.0. The van der Waals surface area contributed by atoms with Crippen molar-refractivity contribution in [2.45, 2.75) is 57.7 Å². The first-order chi connectivity index (χ1) is 22.6. The number of benzene rings is 1. The summed E-state index contributed by atoms with van der Waals surface area (Å²) in [5.74, 6) is -0.165. The predicted octanol–water partition coefficient (Wildman–Crippen LogP) is -2.76. The Balaban J connectivity index is 1.38. The first-order valence-electron chi connectivity index (χ1n) is 15.4. The lowest BCUT2D eigenvalue weighted by molar-refractivity contribution is -1.05. The van der Waals surface area contributed by atoms with Gasteiger partial charge in [-0.1, -0.05) is 0 Å². The van der Waals surface area contributed by atoms with Gasteiger partial charge in [-0.2, -0.15) is 9.89 Å². The molecule has 0 fully saturated rings. The van der Waals surface area contributed by atoms with Gasteiger partial charge in [0.05, 0.1) is 43.3 Å². The fourth-order valence-electron chi connectivity index (χ4n) is 6.49. The number of carbonyl (C=O) groups is 2. The summed E-state index contributed by atoms with van der Waals surface area (Å²) in [7, 11) is 1.51. The molecule has 5 aliphatic rings. The zero-order chi connectivity index (χ0) is 33.5. The number of hydrogen-bond donors (Lipinski definition) is 8. The van der Waals surface area contributed by atoms with Crippen LogP contribution in [-0.2, 0) is 27.4 Å². The van der Waals surface area contributed by atoms with E-state index in [-0.39, 0.29) is 55.8 Å². The number of guanidine groups is 1. The average Bonchev–Trinajstić information content (AvgIpc) is 3.80. The van der Waals surface area contributed by atoms with Crippen LogP contribution in [0.15, 0.2) is 40.3 Å². The zero-order valence-electron chi connectivity index (χ0n) is 26.3. The molecule has 250 valence electrons. The number of hydrogen-bond acceptors (Lipinski definition) is 12. The Bertz CT molecular complexity index is 1660. The minimum Gasteiger partial charge on any atom is -0.496 e. The highest BCUT2D eigenvalue weighted by atomic mass is 16.6. The van der Waals surface area contributed by atoms with Crippen molar-refractivity contribution in [3.05, 3.63) is 47.0 Å². The summed E-state index contributed by atoms with van der Waals surface area (Å²) >= 11 is 0. The van der Waals surface area contributed by atoms with Gasteiger partial charge < -0.3 is 34.3 Å². The molecule has 5 aliphatic heterocycles. The van der Waals surface area contributed by atoms with E-state index < -0.39 is 30.2 Å². The Morgan fingerprint density at radius 1 is 1.32 bits per heavy atom. The lowest BCUT2D eigenvalue weighted by Crippen LogP contribution is -3.36. The number of aliphatic hydroxyl groups is 3. The van der Waals surface area contributed by atoms with Crippen LogP contribution in [0.1, 0.15) is 43.4 Å². The number of aliphatic hydroxyl groups excluding tert-OH is 2. The quantitative estimate of drug-likeness (QED) is 0.115. The second-order valence-electron chi connectivity index (χ2n) is 11.8. The largest absolute Gasteiger partial charge is 0.496 e. The number of quaternary nitrogens is 2. The summed E-state index contributed by atoms with van der Waals surface area (Å²) in [5, 5.41) is 44.8. The molecule has 16 nitrogen and oxygen atoms in total. The topological polar surface area (TPSA) is 213 Å². The van der Waals surface area contributed by atoms with Gasteiger partial charge in [-0.15, -0.1) is 0 Å². The molecule has 16 heteroatoms. The Kier molecular flexibility index (Phi) is 8.86. The van der Waals surface area contributed by atoms with Crippen LogP contribution in [0.5, 0.6) is 17.2 Å². The van der Waals surface area contributed by atoms with E-state index in [4.69, 9.17) is 24.4 Å². The second kappa shape index (κ2) is 12.9. The van der Waals surface area contributed by atoms with Crippen LogP contribution in [-0.4, -0.2) is 96.2 Å². The van der Waals surface area contributed by atoms with Crippen molar-refractivity contribution < 1.29 is 53.7 Å². The summed E-state index contributed by atoms with van der Waals surface area (Å²) in [6.45, 7) is 3.53. The fraction of sp³-hybridized carbons (Fsp3) is 0.452. The molecule has 47 heavy (non-hydrogen) atoms. The molecule has 8 N–H and O–H groups in total. The van der Waals surface area contributed by atoms with Crippen LogP contribution < -0.4 is 34.6 Å². The summed E-state index contributed by atoms with van der Waals surface area (Å²) in [5.41, 5.74) is 0.944. The molecule has 0 aliphatic carbocycles. The van der Waals surface area contributed by atoms with E-state index in [0.29, 0.717) is 59.0 Å². The second-order valence-corrected chi connectivity index (χ2v) is 11.8. The molecule has 0 radical (unpaired) electrons. The monoisotopic (exact) mass is 653 g/mol. The van der Waals surface area contributed by atoms with Crippen molar-refractivity contribution in [1.82, 2.24) is 10.6 Å². The van der Waals surface area contributed by atoms with E-state index >= 15 is 0 Å². The number of amidine groups is 1. The maximum Gasteiger partial charge on any atom is 0.374 e. The molecule has 5 heterocycles. The van der Waals surface area contributed by atoms with Crippen LogP contribution in [0.25, 0.3) is 5.57 Å². The molecule has 0 spiro atoms. The predicted molar refractivity (Wildman–Crippen MR) is 166 cm³/mol. The van der Waals surface area contributed by atoms with Crippen LogP contribution >= 0.6 is 0 Å². The molecule has 0 saturated carbocycles. The van der Waals surface area contributed by atoms with Gasteiger partial charge in [0.15, 0.2) is 6.67 Å². The highest BCUT2D eigenvalue weighted by Crippen LogP contribution is 2.53. The van der Waals surface area contributed by atoms with E-state index in [9.17, 15) is 24.9 Å². The molecule has 0 bridgehead atoms. The van der Waals surface area contributed by atoms with Crippen molar-refractivity contribution in [2.75, 3.05) is 33.5 Å². The number of ether oxygens (including phenoxy) is 4. The van der Waals surface area contributed by atoms with Crippen LogP contribution in [0.3, 0.4) is 0 Å². The van der Waals surface area contributed by atoms with Gasteiger partial charge >= 0.3 is 12.3 Å². The third-order valence-corrected chi connectivity index (χ3v) is 8.80. The van der Waals surface area contributed by atoms with E-state index in [1.165, 1.54) is 7.11 Å². The van der Waals surface area contributed by atoms with Crippen LogP contribution in [0.2, 0.25) is 0 Å². The van der Waals surface area contributed by atoms with Crippen LogP contribution in [0, 0.1) is 5.41 Å². The number of allylic oxidation sites excluding steroid dienone is 2. The van der Waals surface area contributed by atoms with Gasteiger partial charge in [0, 0.05) is 18.6 Å². The molecule has 3 unspecified atom stereocenters. The summed E-state index contributed by atoms with van der Waals surface area (Å²) in [4.78, 5) is 35.6. The fourth-order valence-corrected chi connectivity index (χ4v) is 6.49. The van der Waals surface area contributed by atoms with E-state index in [0.717, 1.165) is 9.80 Å². The maximum atomic E-state index is 13.0. The SMILES string of the molecule is CCOC(=O)C1=C/C(=C\C[NH+]2C=CNC2[NH+]2CN=C3C(=O)NC(=N)N=C32)c2c(OC)c3c(c(CO)c2O1)O[C@H]([C@](C)(O)CCCO)C3. The molecular formula is C31H39N7O9+2. The number of nitrogens with one attached hydrogen (secondary N) is 5. The Hall–Kier alpha value is -4.61. The number of rotatable bonds is 11. The van der Waals surface area contributed by atoms with Gasteiger partial charge in [0.2, 0.25) is 17.4 Å². The molecule has 0 saturated heterocycles. The molecule has 1 aromatic rings. The number of amides is 1. The average molecular weight is 654 g/mol. The van der Waals surface area contributed by atoms with Crippen molar-refractivity contribution in [2.24, 2.45) is 9.98 Å². The smallest absolute Gasteiger partial charge is 0.374 e. The number of fused-ring (bicyclic) bond motifs is 3. The molecule has 1 amide bonds. The molecule has 1 aromatic carbocycles. The lowest BCUT2D eigenvalue weighted by atomic mass is 9.88.